The fourth-order valence-corrected chi connectivity index (χ4v) is 3.17. The second-order valence-electron chi connectivity index (χ2n) is 6.22. The van der Waals surface area contributed by atoms with Crippen LogP contribution in [0.15, 0.2) is 4.52 Å². The van der Waals surface area contributed by atoms with E-state index < -0.39 is 6.04 Å². The molecule has 0 radical (unpaired) electrons. The first-order valence-electron chi connectivity index (χ1n) is 7.84. The molecule has 1 fully saturated rings. The van der Waals surface area contributed by atoms with E-state index in [0.717, 1.165) is 42.7 Å². The molecule has 0 saturated heterocycles. The van der Waals surface area contributed by atoms with Gasteiger partial charge < -0.3 is 14.7 Å². The Morgan fingerprint density at radius 2 is 2.00 bits per heavy atom. The molecule has 1 saturated carbocycles. The van der Waals surface area contributed by atoms with E-state index in [1.165, 1.54) is 6.92 Å². The van der Waals surface area contributed by atoms with E-state index in [1.807, 2.05) is 13.8 Å². The molecular formula is C16H25N3O3. The van der Waals surface area contributed by atoms with E-state index >= 15 is 0 Å². The normalized spacial score (nSPS) is 16.5. The van der Waals surface area contributed by atoms with Gasteiger partial charge in [-0.1, -0.05) is 18.0 Å². The highest BCUT2D eigenvalue weighted by molar-refractivity contribution is 5.87. The zero-order valence-corrected chi connectivity index (χ0v) is 13.8. The predicted octanol–water partition coefficient (Wildman–Crippen LogP) is 1.94. The van der Waals surface area contributed by atoms with Gasteiger partial charge in [0.25, 0.3) is 0 Å². The minimum Gasteiger partial charge on any atom is -0.361 e. The minimum atomic E-state index is -0.425. The van der Waals surface area contributed by atoms with Crippen LogP contribution in [0.2, 0.25) is 0 Å². The summed E-state index contributed by atoms with van der Waals surface area (Å²) in [5.41, 5.74) is 1.73. The van der Waals surface area contributed by atoms with Gasteiger partial charge in [0.2, 0.25) is 11.8 Å². The zero-order valence-electron chi connectivity index (χ0n) is 13.8. The van der Waals surface area contributed by atoms with Crippen molar-refractivity contribution in [2.24, 2.45) is 5.92 Å². The molecule has 0 aliphatic heterocycles. The summed E-state index contributed by atoms with van der Waals surface area (Å²) in [5, 5.41) is 6.76. The molecule has 6 nitrogen and oxygen atoms in total. The Morgan fingerprint density at radius 1 is 1.36 bits per heavy atom. The molecule has 1 unspecified atom stereocenters. The van der Waals surface area contributed by atoms with Gasteiger partial charge in [-0.3, -0.25) is 9.59 Å². The summed E-state index contributed by atoms with van der Waals surface area (Å²) < 4.78 is 5.14. The van der Waals surface area contributed by atoms with Gasteiger partial charge in [-0.15, -0.1) is 0 Å². The van der Waals surface area contributed by atoms with Gasteiger partial charge >= 0.3 is 0 Å². The molecule has 1 aromatic heterocycles. The van der Waals surface area contributed by atoms with E-state index in [2.05, 4.69) is 10.5 Å². The number of rotatable bonds is 5. The van der Waals surface area contributed by atoms with E-state index in [-0.39, 0.29) is 17.7 Å². The van der Waals surface area contributed by atoms with Crippen molar-refractivity contribution in [1.29, 1.82) is 0 Å². The molecule has 22 heavy (non-hydrogen) atoms. The van der Waals surface area contributed by atoms with Gasteiger partial charge in [-0.2, -0.15) is 0 Å². The minimum absolute atomic E-state index is 0.0397. The fourth-order valence-electron chi connectivity index (χ4n) is 3.17. The molecule has 1 aliphatic carbocycles. The quantitative estimate of drug-likeness (QED) is 0.902. The van der Waals surface area contributed by atoms with Crippen LogP contribution in [0.1, 0.15) is 49.6 Å². The fraction of sp³-hybridized carbons (Fsp3) is 0.688. The first-order valence-corrected chi connectivity index (χ1v) is 7.84. The maximum atomic E-state index is 12.8. The average molecular weight is 307 g/mol. The molecule has 0 aromatic carbocycles. The molecule has 1 N–H and O–H groups in total. The highest BCUT2D eigenvalue weighted by Crippen LogP contribution is 2.29. The number of hydrogen-bond donors (Lipinski definition) is 1. The standard InChI is InChI=1S/C16H25N3O3/c1-10-14(11(2)22-18-10)9-19(4)16(21)15(17-12(3)20)13-7-5-6-8-13/h13,15H,5-9H2,1-4H3,(H,17,20). The summed E-state index contributed by atoms with van der Waals surface area (Å²) in [6, 6.07) is -0.425. The second kappa shape index (κ2) is 6.94. The summed E-state index contributed by atoms with van der Waals surface area (Å²) in [5.74, 6) is 0.774. The number of carbonyl (C=O) groups is 2. The van der Waals surface area contributed by atoms with Gasteiger partial charge in [0.1, 0.15) is 11.8 Å². The van der Waals surface area contributed by atoms with Crippen molar-refractivity contribution in [2.75, 3.05) is 7.05 Å². The SMILES string of the molecule is CC(=O)NC(C(=O)N(C)Cc1c(C)noc1C)C1CCCC1. The van der Waals surface area contributed by atoms with Crippen molar-refractivity contribution < 1.29 is 14.1 Å². The molecule has 1 aliphatic rings. The van der Waals surface area contributed by atoms with Crippen LogP contribution < -0.4 is 5.32 Å². The number of aromatic nitrogens is 1. The van der Waals surface area contributed by atoms with Crippen molar-refractivity contribution in [3.8, 4) is 0 Å². The molecule has 6 heteroatoms. The molecule has 0 spiro atoms. The van der Waals surface area contributed by atoms with Crippen molar-refractivity contribution in [2.45, 2.75) is 59.0 Å². The lowest BCUT2D eigenvalue weighted by atomic mass is 9.96. The molecule has 1 heterocycles. The molecule has 1 aromatic rings. The molecule has 2 amide bonds. The van der Waals surface area contributed by atoms with Crippen LogP contribution in [0.25, 0.3) is 0 Å². The average Bonchev–Trinajstić information content (AvgIpc) is 3.09. The Hall–Kier alpha value is -1.85. The summed E-state index contributed by atoms with van der Waals surface area (Å²) in [6.07, 6.45) is 4.24. The molecule has 0 bridgehead atoms. The Bertz CT molecular complexity index is 527. The van der Waals surface area contributed by atoms with Crippen molar-refractivity contribution in [3.63, 3.8) is 0 Å². The smallest absolute Gasteiger partial charge is 0.245 e. The van der Waals surface area contributed by atoms with Crippen molar-refractivity contribution in [3.05, 3.63) is 17.0 Å². The Balaban J connectivity index is 2.09. The topological polar surface area (TPSA) is 75.4 Å². The number of aryl methyl sites for hydroxylation is 2. The lowest BCUT2D eigenvalue weighted by molar-refractivity contribution is -0.137. The molecular weight excluding hydrogens is 282 g/mol. The number of nitrogens with one attached hydrogen (secondary N) is 1. The van der Waals surface area contributed by atoms with Crippen LogP contribution in [-0.2, 0) is 16.1 Å². The van der Waals surface area contributed by atoms with E-state index in [0.29, 0.717) is 6.54 Å². The molecule has 2 rings (SSSR count). The van der Waals surface area contributed by atoms with E-state index in [4.69, 9.17) is 4.52 Å². The first-order chi connectivity index (χ1) is 10.4. The van der Waals surface area contributed by atoms with Gasteiger partial charge in [0.05, 0.1) is 12.2 Å². The highest BCUT2D eigenvalue weighted by Gasteiger charge is 2.33. The largest absolute Gasteiger partial charge is 0.361 e. The predicted molar refractivity (Wildman–Crippen MR) is 82.0 cm³/mol. The third-order valence-corrected chi connectivity index (χ3v) is 4.45. The van der Waals surface area contributed by atoms with Crippen LogP contribution in [-0.4, -0.2) is 35.0 Å². The lowest BCUT2D eigenvalue weighted by Crippen LogP contribution is -2.50. The third-order valence-electron chi connectivity index (χ3n) is 4.45. The summed E-state index contributed by atoms with van der Waals surface area (Å²) in [6.45, 7) is 5.62. The van der Waals surface area contributed by atoms with Crippen LogP contribution in [0.5, 0.6) is 0 Å². The molecule has 1 atom stereocenters. The van der Waals surface area contributed by atoms with E-state index in [9.17, 15) is 9.59 Å². The summed E-state index contributed by atoms with van der Waals surface area (Å²) in [4.78, 5) is 25.9. The third kappa shape index (κ3) is 3.67. The van der Waals surface area contributed by atoms with Crippen molar-refractivity contribution >= 4 is 11.8 Å². The number of nitrogens with zero attached hydrogens (tertiary/aromatic N) is 2. The van der Waals surface area contributed by atoms with Crippen molar-refractivity contribution in [1.82, 2.24) is 15.4 Å². The maximum Gasteiger partial charge on any atom is 0.245 e. The van der Waals surface area contributed by atoms with E-state index in [1.54, 1.807) is 11.9 Å². The highest BCUT2D eigenvalue weighted by atomic mass is 16.5. The Morgan fingerprint density at radius 3 is 2.50 bits per heavy atom. The second-order valence-corrected chi connectivity index (χ2v) is 6.22. The first kappa shape index (κ1) is 16.5. The van der Waals surface area contributed by atoms with Gasteiger partial charge in [-0.25, -0.2) is 0 Å². The van der Waals surface area contributed by atoms with Crippen LogP contribution >= 0.6 is 0 Å². The maximum absolute atomic E-state index is 12.8. The van der Waals surface area contributed by atoms with Gasteiger partial charge in [-0.05, 0) is 32.6 Å². The number of carbonyl (C=O) groups excluding carboxylic acids is 2. The molecule has 122 valence electrons. The zero-order chi connectivity index (χ0) is 16.3. The van der Waals surface area contributed by atoms with Gasteiger partial charge in [0, 0.05) is 19.5 Å². The number of hydrogen-bond acceptors (Lipinski definition) is 4. The summed E-state index contributed by atoms with van der Waals surface area (Å²) in [7, 11) is 1.76. The monoisotopic (exact) mass is 307 g/mol. The number of likely N-dealkylation sites (N-methyl/N-ethyl adjacent to an activating group) is 1. The number of amides is 2. The van der Waals surface area contributed by atoms with Crippen LogP contribution in [0.4, 0.5) is 0 Å². The van der Waals surface area contributed by atoms with Crippen LogP contribution in [0, 0.1) is 19.8 Å². The Kier molecular flexibility index (Phi) is 5.21. The Labute approximate surface area is 131 Å². The lowest BCUT2D eigenvalue weighted by Gasteiger charge is -2.28. The van der Waals surface area contributed by atoms with Crippen LogP contribution in [0.3, 0.4) is 0 Å². The summed E-state index contributed by atoms with van der Waals surface area (Å²) >= 11 is 0. The van der Waals surface area contributed by atoms with Gasteiger partial charge in [0.15, 0.2) is 0 Å².